The first kappa shape index (κ1) is 17.4. The summed E-state index contributed by atoms with van der Waals surface area (Å²) in [5, 5.41) is 12.9. The monoisotopic (exact) mass is 290 g/mol. The van der Waals surface area contributed by atoms with E-state index in [2.05, 4.69) is 5.32 Å². The number of aryl methyl sites for hydroxylation is 1. The number of carbonyl (C=O) groups is 1. The van der Waals surface area contributed by atoms with Crippen molar-refractivity contribution in [3.05, 3.63) is 41.0 Å². The zero-order valence-electron chi connectivity index (χ0n) is 13.6. The average Bonchev–Trinajstić information content (AvgIpc) is 2.37. The maximum Gasteiger partial charge on any atom is 0.247 e. The number of nitrogens with zero attached hydrogens (tertiary/aromatic N) is 1. The van der Waals surface area contributed by atoms with Crippen LogP contribution in [0.2, 0.25) is 0 Å². The smallest absolute Gasteiger partial charge is 0.247 e. The minimum atomic E-state index is -0.941. The van der Waals surface area contributed by atoms with Crippen molar-refractivity contribution >= 4 is 12.0 Å². The Bertz CT molecular complexity index is 502. The van der Waals surface area contributed by atoms with Crippen molar-refractivity contribution in [1.29, 1.82) is 0 Å². The van der Waals surface area contributed by atoms with Crippen molar-refractivity contribution in [2.24, 2.45) is 0 Å². The Morgan fingerprint density at radius 3 is 2.43 bits per heavy atom. The molecule has 0 fully saturated rings. The van der Waals surface area contributed by atoms with Crippen molar-refractivity contribution in [2.75, 3.05) is 27.2 Å². The molecule has 1 atom stereocenters. The molecule has 0 saturated carbocycles. The van der Waals surface area contributed by atoms with Gasteiger partial charge in [-0.25, -0.2) is 0 Å². The van der Waals surface area contributed by atoms with Crippen LogP contribution in [0.1, 0.15) is 25.0 Å². The molecule has 1 rings (SSSR count). The number of hydrogen-bond donors (Lipinski definition) is 2. The van der Waals surface area contributed by atoms with Crippen LogP contribution in [0.15, 0.2) is 29.8 Å². The summed E-state index contributed by atoms with van der Waals surface area (Å²) in [7, 11) is 3.78. The molecule has 4 nitrogen and oxygen atoms in total. The second-order valence-electron chi connectivity index (χ2n) is 6.16. The van der Waals surface area contributed by atoms with Gasteiger partial charge in [-0.15, -0.1) is 0 Å². The number of rotatable bonds is 6. The molecular formula is C17H26N2O2. The van der Waals surface area contributed by atoms with E-state index in [-0.39, 0.29) is 12.5 Å². The van der Waals surface area contributed by atoms with Gasteiger partial charge in [0, 0.05) is 18.7 Å². The highest BCUT2D eigenvalue weighted by Gasteiger charge is 2.22. The molecule has 1 aromatic rings. The summed E-state index contributed by atoms with van der Waals surface area (Å²) in [6, 6.07) is 7.99. The highest BCUT2D eigenvalue weighted by atomic mass is 16.3. The minimum Gasteiger partial charge on any atom is -0.387 e. The van der Waals surface area contributed by atoms with E-state index in [4.69, 9.17) is 0 Å². The Balaban J connectivity index is 2.60. The van der Waals surface area contributed by atoms with Gasteiger partial charge >= 0.3 is 0 Å². The number of nitrogens with one attached hydrogen (secondary N) is 1. The van der Waals surface area contributed by atoms with Crippen LogP contribution in [0.5, 0.6) is 0 Å². The van der Waals surface area contributed by atoms with E-state index in [1.807, 2.05) is 56.3 Å². The van der Waals surface area contributed by atoms with Gasteiger partial charge in [-0.2, -0.15) is 0 Å². The third-order valence-corrected chi connectivity index (χ3v) is 3.11. The van der Waals surface area contributed by atoms with Gasteiger partial charge in [0.05, 0.1) is 5.60 Å². The van der Waals surface area contributed by atoms with Crippen LogP contribution < -0.4 is 5.32 Å². The van der Waals surface area contributed by atoms with Crippen LogP contribution in [-0.2, 0) is 4.79 Å². The second-order valence-corrected chi connectivity index (χ2v) is 6.16. The summed E-state index contributed by atoms with van der Waals surface area (Å²) < 4.78 is 0. The van der Waals surface area contributed by atoms with Crippen LogP contribution in [0, 0.1) is 6.92 Å². The number of amides is 1. The van der Waals surface area contributed by atoms with E-state index < -0.39 is 5.60 Å². The van der Waals surface area contributed by atoms with Gasteiger partial charge in [0.1, 0.15) is 0 Å². The van der Waals surface area contributed by atoms with E-state index in [9.17, 15) is 9.90 Å². The molecule has 0 aliphatic rings. The van der Waals surface area contributed by atoms with Crippen LogP contribution in [0.25, 0.3) is 6.08 Å². The first-order chi connectivity index (χ1) is 9.69. The number of carbonyl (C=O) groups excluding carboxylic acids is 1. The maximum atomic E-state index is 12.0. The molecule has 21 heavy (non-hydrogen) atoms. The lowest BCUT2D eigenvalue weighted by atomic mass is 10.1. The summed E-state index contributed by atoms with van der Waals surface area (Å²) in [4.78, 5) is 13.9. The minimum absolute atomic E-state index is 0.158. The first-order valence-corrected chi connectivity index (χ1v) is 7.10. The fraction of sp³-hybridized carbons (Fsp3) is 0.471. The van der Waals surface area contributed by atoms with E-state index in [1.54, 1.807) is 13.8 Å². The van der Waals surface area contributed by atoms with Gasteiger partial charge in [0.25, 0.3) is 0 Å². The number of benzene rings is 1. The molecule has 4 heteroatoms. The topological polar surface area (TPSA) is 52.6 Å². The lowest BCUT2D eigenvalue weighted by Gasteiger charge is -2.27. The molecule has 0 heterocycles. The van der Waals surface area contributed by atoms with E-state index in [1.165, 1.54) is 5.56 Å². The predicted molar refractivity (Wildman–Crippen MR) is 87.0 cm³/mol. The van der Waals surface area contributed by atoms with Crippen LogP contribution >= 0.6 is 0 Å². The van der Waals surface area contributed by atoms with Gasteiger partial charge < -0.3 is 15.3 Å². The van der Waals surface area contributed by atoms with Crippen LogP contribution in [0.3, 0.4) is 0 Å². The summed E-state index contributed by atoms with van der Waals surface area (Å²) in [5.41, 5.74) is 1.87. The fourth-order valence-corrected chi connectivity index (χ4v) is 2.13. The molecule has 0 saturated heterocycles. The van der Waals surface area contributed by atoms with Crippen molar-refractivity contribution in [3.8, 4) is 0 Å². The molecule has 0 aliphatic heterocycles. The largest absolute Gasteiger partial charge is 0.387 e. The molecule has 2 N–H and O–H groups in total. The summed E-state index contributed by atoms with van der Waals surface area (Å²) in [5.74, 6) is -0.158. The molecule has 116 valence electrons. The maximum absolute atomic E-state index is 12.0. The zero-order valence-corrected chi connectivity index (χ0v) is 13.6. The third kappa shape index (κ3) is 6.56. The van der Waals surface area contributed by atoms with E-state index in [0.717, 1.165) is 5.56 Å². The Morgan fingerprint density at radius 2 is 1.90 bits per heavy atom. The third-order valence-electron chi connectivity index (χ3n) is 3.11. The highest BCUT2D eigenvalue weighted by Crippen LogP contribution is 2.09. The lowest BCUT2D eigenvalue weighted by Crippen LogP contribution is -2.47. The van der Waals surface area contributed by atoms with Gasteiger partial charge in [-0.1, -0.05) is 29.8 Å². The molecule has 0 aliphatic carbocycles. The number of hydrogen-bond acceptors (Lipinski definition) is 3. The molecule has 0 aromatic heterocycles. The molecule has 0 bridgehead atoms. The van der Waals surface area contributed by atoms with Crippen LogP contribution in [-0.4, -0.2) is 48.7 Å². The molecular weight excluding hydrogens is 264 g/mol. The Kier molecular flexibility index (Phi) is 6.12. The van der Waals surface area contributed by atoms with Gasteiger partial charge in [-0.05, 0) is 46.5 Å². The molecule has 0 radical (unpaired) electrons. The Morgan fingerprint density at radius 1 is 1.33 bits per heavy atom. The molecule has 0 spiro atoms. The summed E-state index contributed by atoms with van der Waals surface area (Å²) in [6.07, 6.45) is 1.84. The Labute approximate surface area is 127 Å². The molecule has 1 aromatic carbocycles. The lowest BCUT2D eigenvalue weighted by molar-refractivity contribution is -0.118. The van der Waals surface area contributed by atoms with E-state index in [0.29, 0.717) is 12.1 Å². The van der Waals surface area contributed by atoms with Crippen molar-refractivity contribution in [3.63, 3.8) is 0 Å². The van der Waals surface area contributed by atoms with E-state index >= 15 is 0 Å². The fourth-order valence-electron chi connectivity index (χ4n) is 2.13. The standard InChI is InChI=1S/C17H26N2O2/c1-13-6-8-15(9-7-13)10-14(2)16(20)18-11-17(3,21)12-19(4)5/h6-10,21H,11-12H2,1-5H3,(H,18,20)/b14-10+. The van der Waals surface area contributed by atoms with Crippen molar-refractivity contribution in [1.82, 2.24) is 10.2 Å². The predicted octanol–water partition coefficient (Wildman–Crippen LogP) is 1.83. The van der Waals surface area contributed by atoms with Crippen molar-refractivity contribution in [2.45, 2.75) is 26.4 Å². The van der Waals surface area contributed by atoms with Crippen molar-refractivity contribution < 1.29 is 9.90 Å². The summed E-state index contributed by atoms with van der Waals surface area (Å²) in [6.45, 7) is 6.24. The second kappa shape index (κ2) is 7.38. The zero-order chi connectivity index (χ0) is 16.0. The molecule has 1 amide bonds. The summed E-state index contributed by atoms with van der Waals surface area (Å²) >= 11 is 0. The Hall–Kier alpha value is -1.65. The quantitative estimate of drug-likeness (QED) is 0.786. The average molecular weight is 290 g/mol. The van der Waals surface area contributed by atoms with Gasteiger partial charge in [-0.3, -0.25) is 4.79 Å². The molecule has 1 unspecified atom stereocenters. The normalized spacial score (nSPS) is 14.9. The SMILES string of the molecule is C/C(=C\c1ccc(C)cc1)C(=O)NCC(C)(O)CN(C)C. The first-order valence-electron chi connectivity index (χ1n) is 7.10. The van der Waals surface area contributed by atoms with Crippen LogP contribution in [0.4, 0.5) is 0 Å². The van der Waals surface area contributed by atoms with Gasteiger partial charge in [0.15, 0.2) is 0 Å². The number of aliphatic hydroxyl groups is 1. The van der Waals surface area contributed by atoms with Gasteiger partial charge in [0.2, 0.25) is 5.91 Å². The highest BCUT2D eigenvalue weighted by molar-refractivity contribution is 5.97. The number of likely N-dealkylation sites (N-methyl/N-ethyl adjacent to an activating group) is 1.